The lowest BCUT2D eigenvalue weighted by molar-refractivity contribution is 0.332. The van der Waals surface area contributed by atoms with Crippen molar-refractivity contribution < 1.29 is 14.2 Å². The third-order valence-corrected chi connectivity index (χ3v) is 3.08. The second-order valence-corrected chi connectivity index (χ2v) is 4.66. The summed E-state index contributed by atoms with van der Waals surface area (Å²) in [6.07, 6.45) is 0. The monoisotopic (exact) mass is 287 g/mol. The van der Waals surface area contributed by atoms with E-state index < -0.39 is 0 Å². The molecule has 0 aliphatic rings. The predicted molar refractivity (Wildman–Crippen MR) is 84.7 cm³/mol. The summed E-state index contributed by atoms with van der Waals surface area (Å²) in [6.45, 7) is 3.30. The molecule has 0 aliphatic carbocycles. The standard InChI is InChI=1S/C17H21NO3/c1-13-5-4-6-15(11-13)21-10-9-18-16-12-14(19-2)7-8-17(16)20-3/h4-8,11-12,18H,9-10H2,1-3H3. The van der Waals surface area contributed by atoms with Crippen molar-refractivity contribution in [2.45, 2.75) is 6.92 Å². The van der Waals surface area contributed by atoms with Crippen LogP contribution in [0.15, 0.2) is 42.5 Å². The highest BCUT2D eigenvalue weighted by molar-refractivity contribution is 5.59. The fourth-order valence-electron chi connectivity index (χ4n) is 2.01. The van der Waals surface area contributed by atoms with Crippen LogP contribution in [0, 0.1) is 6.92 Å². The van der Waals surface area contributed by atoms with Crippen LogP contribution >= 0.6 is 0 Å². The number of anilines is 1. The third-order valence-electron chi connectivity index (χ3n) is 3.08. The van der Waals surface area contributed by atoms with Crippen molar-refractivity contribution in [2.75, 3.05) is 32.7 Å². The minimum absolute atomic E-state index is 0.573. The van der Waals surface area contributed by atoms with Gasteiger partial charge in [0.2, 0.25) is 0 Å². The maximum atomic E-state index is 5.70. The van der Waals surface area contributed by atoms with Gasteiger partial charge in [0.1, 0.15) is 23.9 Å². The van der Waals surface area contributed by atoms with Crippen LogP contribution in [0.5, 0.6) is 17.2 Å². The molecule has 0 amide bonds. The Hall–Kier alpha value is -2.36. The maximum absolute atomic E-state index is 5.70. The number of hydrogen-bond donors (Lipinski definition) is 1. The second-order valence-electron chi connectivity index (χ2n) is 4.66. The van der Waals surface area contributed by atoms with Crippen molar-refractivity contribution in [3.8, 4) is 17.2 Å². The minimum Gasteiger partial charge on any atom is -0.497 e. The van der Waals surface area contributed by atoms with E-state index in [0.717, 1.165) is 22.9 Å². The third kappa shape index (κ3) is 4.31. The molecule has 2 rings (SSSR count). The average molecular weight is 287 g/mol. The van der Waals surface area contributed by atoms with Gasteiger partial charge in [0.05, 0.1) is 19.9 Å². The molecular weight excluding hydrogens is 266 g/mol. The molecule has 1 N–H and O–H groups in total. The normalized spacial score (nSPS) is 10.0. The summed E-state index contributed by atoms with van der Waals surface area (Å²) in [5.74, 6) is 2.46. The van der Waals surface area contributed by atoms with Crippen LogP contribution in [0.25, 0.3) is 0 Å². The number of ether oxygens (including phenoxy) is 3. The van der Waals surface area contributed by atoms with E-state index in [0.29, 0.717) is 13.2 Å². The zero-order valence-electron chi connectivity index (χ0n) is 12.7. The largest absolute Gasteiger partial charge is 0.497 e. The second kappa shape index (κ2) is 7.43. The van der Waals surface area contributed by atoms with Crippen LogP contribution in [-0.2, 0) is 0 Å². The van der Waals surface area contributed by atoms with Gasteiger partial charge in [-0.2, -0.15) is 0 Å². The fraction of sp³-hybridized carbons (Fsp3) is 0.294. The summed E-state index contributed by atoms with van der Waals surface area (Å²) in [7, 11) is 3.29. The number of benzene rings is 2. The first-order valence-corrected chi connectivity index (χ1v) is 6.88. The Labute approximate surface area is 125 Å². The molecule has 21 heavy (non-hydrogen) atoms. The number of rotatable bonds is 7. The van der Waals surface area contributed by atoms with E-state index in [1.54, 1.807) is 14.2 Å². The van der Waals surface area contributed by atoms with Gasteiger partial charge in [-0.3, -0.25) is 0 Å². The molecule has 4 nitrogen and oxygen atoms in total. The van der Waals surface area contributed by atoms with Crippen molar-refractivity contribution in [1.29, 1.82) is 0 Å². The molecular formula is C17H21NO3. The summed E-state index contributed by atoms with van der Waals surface area (Å²) >= 11 is 0. The lowest BCUT2D eigenvalue weighted by atomic mass is 10.2. The fourth-order valence-corrected chi connectivity index (χ4v) is 2.01. The molecule has 0 unspecified atom stereocenters. The van der Waals surface area contributed by atoms with E-state index in [9.17, 15) is 0 Å². The first-order valence-electron chi connectivity index (χ1n) is 6.88. The molecule has 2 aromatic rings. The van der Waals surface area contributed by atoms with Gasteiger partial charge in [0.25, 0.3) is 0 Å². The molecule has 0 bridgehead atoms. The van der Waals surface area contributed by atoms with Gasteiger partial charge in [-0.15, -0.1) is 0 Å². The van der Waals surface area contributed by atoms with Crippen molar-refractivity contribution in [2.24, 2.45) is 0 Å². The van der Waals surface area contributed by atoms with E-state index in [1.807, 2.05) is 49.4 Å². The summed E-state index contributed by atoms with van der Waals surface area (Å²) in [5.41, 5.74) is 2.08. The van der Waals surface area contributed by atoms with Gasteiger partial charge in [0.15, 0.2) is 0 Å². The van der Waals surface area contributed by atoms with Crippen LogP contribution in [0.2, 0.25) is 0 Å². The number of aryl methyl sites for hydroxylation is 1. The quantitative estimate of drug-likeness (QED) is 0.791. The highest BCUT2D eigenvalue weighted by Crippen LogP contribution is 2.28. The Balaban J connectivity index is 1.88. The molecule has 0 saturated heterocycles. The van der Waals surface area contributed by atoms with Crippen LogP contribution in [0.4, 0.5) is 5.69 Å². The SMILES string of the molecule is COc1ccc(OC)c(NCCOc2cccc(C)c2)c1. The summed E-state index contributed by atoms with van der Waals surface area (Å²) < 4.78 is 16.2. The number of hydrogen-bond acceptors (Lipinski definition) is 4. The lowest BCUT2D eigenvalue weighted by Gasteiger charge is -2.13. The molecule has 0 saturated carbocycles. The van der Waals surface area contributed by atoms with Crippen molar-refractivity contribution in [3.05, 3.63) is 48.0 Å². The van der Waals surface area contributed by atoms with E-state index >= 15 is 0 Å². The zero-order chi connectivity index (χ0) is 15.1. The van der Waals surface area contributed by atoms with Gasteiger partial charge >= 0.3 is 0 Å². The Morgan fingerprint density at radius 3 is 2.52 bits per heavy atom. The number of nitrogens with one attached hydrogen (secondary N) is 1. The highest BCUT2D eigenvalue weighted by Gasteiger charge is 2.04. The molecule has 0 heterocycles. The van der Waals surface area contributed by atoms with Gasteiger partial charge in [-0.25, -0.2) is 0 Å². The molecule has 0 aliphatic heterocycles. The summed E-state index contributed by atoms with van der Waals surface area (Å²) in [6, 6.07) is 13.7. The minimum atomic E-state index is 0.573. The van der Waals surface area contributed by atoms with Crippen molar-refractivity contribution in [1.82, 2.24) is 0 Å². The molecule has 0 aromatic heterocycles. The first kappa shape index (κ1) is 15.0. The molecule has 2 aromatic carbocycles. The predicted octanol–water partition coefficient (Wildman–Crippen LogP) is 3.50. The maximum Gasteiger partial charge on any atom is 0.142 e. The van der Waals surface area contributed by atoms with Gasteiger partial charge in [-0.1, -0.05) is 12.1 Å². The Morgan fingerprint density at radius 2 is 1.81 bits per heavy atom. The molecule has 0 fully saturated rings. The van der Waals surface area contributed by atoms with Gasteiger partial charge < -0.3 is 19.5 Å². The summed E-state index contributed by atoms with van der Waals surface area (Å²) in [5, 5.41) is 3.29. The van der Waals surface area contributed by atoms with Crippen molar-refractivity contribution >= 4 is 5.69 Å². The van der Waals surface area contributed by atoms with Crippen molar-refractivity contribution in [3.63, 3.8) is 0 Å². The van der Waals surface area contributed by atoms with Crippen LogP contribution in [-0.4, -0.2) is 27.4 Å². The van der Waals surface area contributed by atoms with E-state index in [-0.39, 0.29) is 0 Å². The van der Waals surface area contributed by atoms with Gasteiger partial charge in [-0.05, 0) is 36.8 Å². The smallest absolute Gasteiger partial charge is 0.142 e. The Kier molecular flexibility index (Phi) is 5.32. The highest BCUT2D eigenvalue weighted by atomic mass is 16.5. The average Bonchev–Trinajstić information content (AvgIpc) is 2.51. The first-order chi connectivity index (χ1) is 10.2. The number of methoxy groups -OCH3 is 2. The summed E-state index contributed by atoms with van der Waals surface area (Å²) in [4.78, 5) is 0. The topological polar surface area (TPSA) is 39.7 Å². The lowest BCUT2D eigenvalue weighted by Crippen LogP contribution is -2.12. The van der Waals surface area contributed by atoms with Crippen LogP contribution < -0.4 is 19.5 Å². The molecule has 112 valence electrons. The zero-order valence-corrected chi connectivity index (χ0v) is 12.7. The Morgan fingerprint density at radius 1 is 0.952 bits per heavy atom. The molecule has 0 spiro atoms. The van der Waals surface area contributed by atoms with E-state index in [1.165, 1.54) is 5.56 Å². The molecule has 0 radical (unpaired) electrons. The van der Waals surface area contributed by atoms with Gasteiger partial charge in [0, 0.05) is 12.6 Å². The van der Waals surface area contributed by atoms with E-state index in [2.05, 4.69) is 5.32 Å². The molecule has 0 atom stereocenters. The molecule has 4 heteroatoms. The van der Waals surface area contributed by atoms with Crippen LogP contribution in [0.1, 0.15) is 5.56 Å². The Bertz CT molecular complexity index is 584. The van der Waals surface area contributed by atoms with E-state index in [4.69, 9.17) is 14.2 Å². The van der Waals surface area contributed by atoms with Crippen LogP contribution in [0.3, 0.4) is 0 Å².